The highest BCUT2D eigenvalue weighted by atomic mass is 32.1. The lowest BCUT2D eigenvalue weighted by molar-refractivity contribution is -0.130. The van der Waals surface area contributed by atoms with Crippen molar-refractivity contribution in [2.45, 2.75) is 40.2 Å². The standard InChI is InChI=1S/C29H35N5O3S/c1-20(2)34(28(37)23-11-9-21(3)10-12-23)18-26(35)31-29-30-24(19-38-29)17-27(36)33-15-13-32(14-16-33)25-8-6-5-7-22(25)4/h5-12,19-20H,13-18H2,1-4H3,(H,30,31,35). The summed E-state index contributed by atoms with van der Waals surface area (Å²) in [7, 11) is 0. The first kappa shape index (κ1) is 27.3. The van der Waals surface area contributed by atoms with Crippen molar-refractivity contribution in [3.63, 3.8) is 0 Å². The molecular formula is C29H35N5O3S. The van der Waals surface area contributed by atoms with Crippen LogP contribution in [0, 0.1) is 13.8 Å². The second-order valence-electron chi connectivity index (χ2n) is 9.92. The summed E-state index contributed by atoms with van der Waals surface area (Å²) in [5, 5.41) is 5.01. The SMILES string of the molecule is Cc1ccc(C(=O)N(CC(=O)Nc2nc(CC(=O)N3CCN(c4ccccc4C)CC3)cs2)C(C)C)cc1. The molecule has 38 heavy (non-hydrogen) atoms. The smallest absolute Gasteiger partial charge is 0.254 e. The van der Waals surface area contributed by atoms with Gasteiger partial charge in [0.15, 0.2) is 5.13 Å². The van der Waals surface area contributed by atoms with E-state index in [-0.39, 0.29) is 36.7 Å². The van der Waals surface area contributed by atoms with Crippen molar-refractivity contribution < 1.29 is 14.4 Å². The van der Waals surface area contributed by atoms with Gasteiger partial charge in [-0.25, -0.2) is 4.98 Å². The molecule has 0 radical (unpaired) electrons. The maximum atomic E-state index is 13.0. The number of hydrogen-bond donors (Lipinski definition) is 1. The molecule has 1 aliphatic heterocycles. The Balaban J connectivity index is 1.28. The summed E-state index contributed by atoms with van der Waals surface area (Å²) in [5.41, 5.74) is 4.70. The number of carbonyl (C=O) groups is 3. The lowest BCUT2D eigenvalue weighted by Gasteiger charge is -2.36. The highest BCUT2D eigenvalue weighted by Crippen LogP contribution is 2.22. The zero-order valence-corrected chi connectivity index (χ0v) is 23.3. The van der Waals surface area contributed by atoms with Crippen LogP contribution in [-0.2, 0) is 16.0 Å². The van der Waals surface area contributed by atoms with Crippen molar-refractivity contribution in [3.8, 4) is 0 Å². The minimum Gasteiger partial charge on any atom is -0.368 e. The molecule has 0 saturated carbocycles. The molecule has 9 heteroatoms. The molecule has 0 spiro atoms. The number of nitrogens with zero attached hydrogens (tertiary/aromatic N) is 4. The Morgan fingerprint density at radius 3 is 2.34 bits per heavy atom. The fourth-order valence-corrected chi connectivity index (χ4v) is 5.22. The van der Waals surface area contributed by atoms with Gasteiger partial charge in [0, 0.05) is 48.9 Å². The van der Waals surface area contributed by atoms with Gasteiger partial charge in [0.1, 0.15) is 6.54 Å². The first-order valence-corrected chi connectivity index (χ1v) is 13.8. The minimum atomic E-state index is -0.321. The largest absolute Gasteiger partial charge is 0.368 e. The van der Waals surface area contributed by atoms with Crippen LogP contribution in [-0.4, -0.2) is 71.3 Å². The van der Waals surface area contributed by atoms with E-state index in [9.17, 15) is 14.4 Å². The molecule has 4 rings (SSSR count). The van der Waals surface area contributed by atoms with E-state index in [4.69, 9.17) is 0 Å². The Morgan fingerprint density at radius 2 is 1.68 bits per heavy atom. The van der Waals surface area contributed by atoms with E-state index in [1.165, 1.54) is 27.5 Å². The number of hydrogen-bond acceptors (Lipinski definition) is 6. The Kier molecular flexibility index (Phi) is 8.78. The van der Waals surface area contributed by atoms with Crippen molar-refractivity contribution in [1.29, 1.82) is 0 Å². The number of anilines is 2. The van der Waals surface area contributed by atoms with Crippen molar-refractivity contribution in [1.82, 2.24) is 14.8 Å². The molecule has 8 nitrogen and oxygen atoms in total. The number of amides is 3. The summed E-state index contributed by atoms with van der Waals surface area (Å²) < 4.78 is 0. The van der Waals surface area contributed by atoms with Crippen molar-refractivity contribution in [2.75, 3.05) is 42.9 Å². The van der Waals surface area contributed by atoms with Crippen LogP contribution in [0.1, 0.15) is 41.0 Å². The van der Waals surface area contributed by atoms with Gasteiger partial charge in [0.2, 0.25) is 11.8 Å². The Labute approximate surface area is 228 Å². The van der Waals surface area contributed by atoms with Crippen LogP contribution in [0.5, 0.6) is 0 Å². The van der Waals surface area contributed by atoms with E-state index in [2.05, 4.69) is 34.3 Å². The molecule has 1 N–H and O–H groups in total. The van der Waals surface area contributed by atoms with E-state index in [1.54, 1.807) is 17.5 Å². The van der Waals surface area contributed by atoms with E-state index < -0.39 is 0 Å². The lowest BCUT2D eigenvalue weighted by Crippen LogP contribution is -2.49. The highest BCUT2D eigenvalue weighted by molar-refractivity contribution is 7.13. The Hall–Kier alpha value is -3.72. The molecule has 0 bridgehead atoms. The Bertz CT molecular complexity index is 1280. The average molecular weight is 534 g/mol. The van der Waals surface area contributed by atoms with Crippen LogP contribution in [0.4, 0.5) is 10.8 Å². The van der Waals surface area contributed by atoms with E-state index in [1.807, 2.05) is 49.9 Å². The van der Waals surface area contributed by atoms with E-state index in [0.29, 0.717) is 29.5 Å². The van der Waals surface area contributed by atoms with Gasteiger partial charge in [-0.1, -0.05) is 35.9 Å². The van der Waals surface area contributed by atoms with E-state index >= 15 is 0 Å². The number of rotatable bonds is 8. The molecule has 1 aliphatic rings. The number of benzene rings is 2. The second kappa shape index (κ2) is 12.2. The summed E-state index contributed by atoms with van der Waals surface area (Å²) >= 11 is 1.28. The Morgan fingerprint density at radius 1 is 1.00 bits per heavy atom. The molecule has 0 aliphatic carbocycles. The maximum absolute atomic E-state index is 13.0. The first-order chi connectivity index (χ1) is 18.2. The van der Waals surface area contributed by atoms with Gasteiger partial charge in [0.25, 0.3) is 5.91 Å². The van der Waals surface area contributed by atoms with Crippen molar-refractivity contribution in [3.05, 3.63) is 76.3 Å². The van der Waals surface area contributed by atoms with Crippen LogP contribution in [0.3, 0.4) is 0 Å². The highest BCUT2D eigenvalue weighted by Gasteiger charge is 2.24. The van der Waals surface area contributed by atoms with Gasteiger partial charge in [0.05, 0.1) is 12.1 Å². The average Bonchev–Trinajstić information content (AvgIpc) is 3.34. The fraction of sp³-hybridized carbons (Fsp3) is 0.379. The first-order valence-electron chi connectivity index (χ1n) is 12.9. The number of nitrogens with one attached hydrogen (secondary N) is 1. The molecule has 2 aromatic carbocycles. The molecule has 1 saturated heterocycles. The molecule has 3 amide bonds. The quantitative estimate of drug-likeness (QED) is 0.470. The third-order valence-corrected chi connectivity index (χ3v) is 7.52. The maximum Gasteiger partial charge on any atom is 0.254 e. The van der Waals surface area contributed by atoms with Gasteiger partial charge in [-0.15, -0.1) is 11.3 Å². The predicted molar refractivity (Wildman–Crippen MR) is 152 cm³/mol. The molecular weight excluding hydrogens is 498 g/mol. The van der Waals surface area contributed by atoms with Crippen LogP contribution in [0.2, 0.25) is 0 Å². The summed E-state index contributed by atoms with van der Waals surface area (Å²) in [6.07, 6.45) is 0.195. The summed E-state index contributed by atoms with van der Waals surface area (Å²) in [6, 6.07) is 15.5. The predicted octanol–water partition coefficient (Wildman–Crippen LogP) is 4.14. The number of carbonyl (C=O) groups excluding carboxylic acids is 3. The van der Waals surface area contributed by atoms with Crippen LogP contribution in [0.15, 0.2) is 53.9 Å². The monoisotopic (exact) mass is 533 g/mol. The van der Waals surface area contributed by atoms with Gasteiger partial charge in [-0.2, -0.15) is 0 Å². The van der Waals surface area contributed by atoms with Gasteiger partial charge < -0.3 is 20.0 Å². The van der Waals surface area contributed by atoms with Gasteiger partial charge in [-0.05, 0) is 51.5 Å². The third kappa shape index (κ3) is 6.77. The van der Waals surface area contributed by atoms with Crippen LogP contribution < -0.4 is 10.2 Å². The zero-order chi connectivity index (χ0) is 27.2. The molecule has 0 unspecified atom stereocenters. The summed E-state index contributed by atoms with van der Waals surface area (Å²) in [5.74, 6) is -0.478. The number of aromatic nitrogens is 1. The number of para-hydroxylation sites is 1. The van der Waals surface area contributed by atoms with Crippen LogP contribution >= 0.6 is 11.3 Å². The lowest BCUT2D eigenvalue weighted by atomic mass is 10.1. The zero-order valence-electron chi connectivity index (χ0n) is 22.4. The number of thiazole rings is 1. The summed E-state index contributed by atoms with van der Waals surface area (Å²) in [4.78, 5) is 48.8. The van der Waals surface area contributed by atoms with Crippen LogP contribution in [0.25, 0.3) is 0 Å². The normalized spacial score (nSPS) is 13.5. The van der Waals surface area contributed by atoms with E-state index in [0.717, 1.165) is 18.7 Å². The van der Waals surface area contributed by atoms with Crippen molar-refractivity contribution in [2.24, 2.45) is 0 Å². The van der Waals surface area contributed by atoms with Gasteiger partial charge >= 0.3 is 0 Å². The number of aryl methyl sites for hydroxylation is 2. The third-order valence-electron chi connectivity index (χ3n) is 6.72. The minimum absolute atomic E-state index is 0.0345. The molecule has 3 aromatic rings. The molecule has 2 heterocycles. The summed E-state index contributed by atoms with van der Waals surface area (Å²) in [6.45, 7) is 10.7. The molecule has 0 atom stereocenters. The molecule has 200 valence electrons. The topological polar surface area (TPSA) is 85.8 Å². The van der Waals surface area contributed by atoms with Gasteiger partial charge in [-0.3, -0.25) is 14.4 Å². The molecule has 1 aromatic heterocycles. The number of piperazine rings is 1. The second-order valence-corrected chi connectivity index (χ2v) is 10.8. The fourth-order valence-electron chi connectivity index (χ4n) is 4.49. The van der Waals surface area contributed by atoms with Crippen molar-refractivity contribution >= 4 is 39.9 Å². The molecule has 1 fully saturated rings.